The summed E-state index contributed by atoms with van der Waals surface area (Å²) in [5, 5.41) is 12.2. The molecule has 214 valence electrons. The first-order valence-electron chi connectivity index (χ1n) is 15.0. The molecule has 0 aliphatic carbocycles. The SMILES string of the molecule is Cc1ccc2c(oc3c(-c4ccc(-c5ccc(C(C)(C)C)cc5)cc4)c(C#N)ccc32)c1-c1n(-c2ccccc2)cc[n+]1C. The number of benzene rings is 5. The topological polar surface area (TPSA) is 45.7 Å². The fourth-order valence-corrected chi connectivity index (χ4v) is 6.22. The number of aromatic nitrogens is 2. The first-order valence-corrected chi connectivity index (χ1v) is 15.0. The van der Waals surface area contributed by atoms with Crippen LogP contribution in [0.4, 0.5) is 0 Å². The van der Waals surface area contributed by atoms with Crippen LogP contribution >= 0.6 is 0 Å². The second-order valence-corrected chi connectivity index (χ2v) is 12.6. The van der Waals surface area contributed by atoms with Crippen molar-refractivity contribution in [2.24, 2.45) is 7.05 Å². The molecule has 0 aliphatic rings. The second kappa shape index (κ2) is 10.4. The van der Waals surface area contributed by atoms with Crippen LogP contribution in [0.1, 0.15) is 37.5 Å². The Labute approximate surface area is 258 Å². The van der Waals surface area contributed by atoms with Crippen LogP contribution in [0.15, 0.2) is 120 Å². The summed E-state index contributed by atoms with van der Waals surface area (Å²) in [7, 11) is 2.06. The van der Waals surface area contributed by atoms with Gasteiger partial charge >= 0.3 is 0 Å². The third-order valence-corrected chi connectivity index (χ3v) is 8.66. The fraction of sp³-hybridized carbons (Fsp3) is 0.150. The Balaban J connectivity index is 1.40. The molecule has 0 aliphatic heterocycles. The van der Waals surface area contributed by atoms with E-state index in [1.165, 1.54) is 11.1 Å². The van der Waals surface area contributed by atoms with E-state index in [0.717, 1.165) is 61.3 Å². The van der Waals surface area contributed by atoms with E-state index < -0.39 is 0 Å². The van der Waals surface area contributed by atoms with Crippen molar-refractivity contribution in [2.75, 3.05) is 0 Å². The molecule has 2 heterocycles. The number of nitriles is 1. The van der Waals surface area contributed by atoms with Gasteiger partial charge < -0.3 is 4.42 Å². The van der Waals surface area contributed by atoms with E-state index in [4.69, 9.17) is 4.42 Å². The number of hydrogen-bond acceptors (Lipinski definition) is 2. The van der Waals surface area contributed by atoms with Crippen LogP contribution in [-0.2, 0) is 12.5 Å². The maximum Gasteiger partial charge on any atom is 0.297 e. The van der Waals surface area contributed by atoms with Crippen LogP contribution in [0, 0.1) is 18.3 Å². The number of nitrogens with zero attached hydrogens (tertiary/aromatic N) is 3. The highest BCUT2D eigenvalue weighted by molar-refractivity contribution is 6.14. The van der Waals surface area contributed by atoms with Crippen LogP contribution in [0.25, 0.3) is 61.3 Å². The number of imidazole rings is 1. The van der Waals surface area contributed by atoms with Gasteiger partial charge in [-0.05, 0) is 64.4 Å². The predicted octanol–water partition coefficient (Wildman–Crippen LogP) is 9.68. The maximum atomic E-state index is 10.2. The lowest BCUT2D eigenvalue weighted by Gasteiger charge is -2.19. The van der Waals surface area contributed by atoms with E-state index in [1.807, 2.05) is 18.2 Å². The molecule has 5 aromatic carbocycles. The molecule has 44 heavy (non-hydrogen) atoms. The molecule has 7 rings (SSSR count). The number of furan rings is 1. The molecule has 0 radical (unpaired) electrons. The highest BCUT2D eigenvalue weighted by Crippen LogP contribution is 2.42. The second-order valence-electron chi connectivity index (χ2n) is 12.6. The number of hydrogen-bond donors (Lipinski definition) is 0. The van der Waals surface area contributed by atoms with Crippen molar-refractivity contribution in [1.29, 1.82) is 5.26 Å². The molecule has 0 amide bonds. The van der Waals surface area contributed by atoms with E-state index in [-0.39, 0.29) is 5.41 Å². The first-order chi connectivity index (χ1) is 21.2. The largest absolute Gasteiger partial charge is 0.454 e. The van der Waals surface area contributed by atoms with E-state index >= 15 is 0 Å². The van der Waals surface area contributed by atoms with Crippen LogP contribution < -0.4 is 4.57 Å². The van der Waals surface area contributed by atoms with Crippen molar-refractivity contribution < 1.29 is 8.98 Å². The van der Waals surface area contributed by atoms with Crippen molar-refractivity contribution in [3.8, 4) is 45.4 Å². The van der Waals surface area contributed by atoms with E-state index in [0.29, 0.717) is 5.56 Å². The van der Waals surface area contributed by atoms with Gasteiger partial charge in [-0.1, -0.05) is 99.6 Å². The van der Waals surface area contributed by atoms with Gasteiger partial charge in [0.1, 0.15) is 29.2 Å². The summed E-state index contributed by atoms with van der Waals surface area (Å²) in [6.07, 6.45) is 4.16. The Bertz CT molecular complexity index is 2200. The molecule has 0 N–H and O–H groups in total. The quantitative estimate of drug-likeness (QED) is 0.197. The molecule has 4 nitrogen and oxygen atoms in total. The monoisotopic (exact) mass is 572 g/mol. The molecular weight excluding hydrogens is 538 g/mol. The van der Waals surface area contributed by atoms with E-state index in [2.05, 4.69) is 147 Å². The van der Waals surface area contributed by atoms with Gasteiger partial charge in [0, 0.05) is 16.3 Å². The van der Waals surface area contributed by atoms with Crippen molar-refractivity contribution in [3.63, 3.8) is 0 Å². The minimum atomic E-state index is 0.113. The third-order valence-electron chi connectivity index (χ3n) is 8.66. The minimum absolute atomic E-state index is 0.113. The number of aryl methyl sites for hydroxylation is 2. The van der Waals surface area contributed by atoms with Crippen LogP contribution in [0.3, 0.4) is 0 Å². The molecular formula is C40H34N3O+. The van der Waals surface area contributed by atoms with E-state index in [1.54, 1.807) is 0 Å². The van der Waals surface area contributed by atoms with Gasteiger partial charge in [0.25, 0.3) is 5.82 Å². The molecule has 0 unspecified atom stereocenters. The standard InChI is InChI=1S/C40H34N3O/c1-26-11-21-33-34-22-18-30(25-41)36(29-14-12-27(13-15-29)28-16-19-31(20-17-28)40(2,3)4)38(34)44-37(33)35(26)39-42(5)23-24-43(39)32-9-7-6-8-10-32/h6-24H,1-5H3/q+1. The molecule has 4 heteroatoms. The lowest BCUT2D eigenvalue weighted by Crippen LogP contribution is -2.29. The summed E-state index contributed by atoms with van der Waals surface area (Å²) in [5.41, 5.74) is 10.9. The van der Waals surface area contributed by atoms with Gasteiger partial charge in [-0.2, -0.15) is 9.83 Å². The molecule has 7 aromatic rings. The van der Waals surface area contributed by atoms with Crippen LogP contribution in [0.2, 0.25) is 0 Å². The minimum Gasteiger partial charge on any atom is -0.454 e. The molecule has 0 saturated heterocycles. The summed E-state index contributed by atoms with van der Waals surface area (Å²) in [4.78, 5) is 0. The smallest absolute Gasteiger partial charge is 0.297 e. The Hall–Kier alpha value is -5.40. The Morgan fingerprint density at radius 3 is 1.93 bits per heavy atom. The van der Waals surface area contributed by atoms with Crippen LogP contribution in [0.5, 0.6) is 0 Å². The third kappa shape index (κ3) is 4.49. The number of para-hydroxylation sites is 1. The predicted molar refractivity (Wildman–Crippen MR) is 179 cm³/mol. The first kappa shape index (κ1) is 27.4. The lowest BCUT2D eigenvalue weighted by atomic mass is 9.86. The van der Waals surface area contributed by atoms with Crippen molar-refractivity contribution in [2.45, 2.75) is 33.1 Å². The molecule has 2 aromatic heterocycles. The van der Waals surface area contributed by atoms with Crippen LogP contribution in [-0.4, -0.2) is 4.57 Å². The zero-order chi connectivity index (χ0) is 30.6. The van der Waals surface area contributed by atoms with Gasteiger partial charge in [0.2, 0.25) is 0 Å². The average molecular weight is 573 g/mol. The van der Waals surface area contributed by atoms with E-state index in [9.17, 15) is 5.26 Å². The highest BCUT2D eigenvalue weighted by Gasteiger charge is 2.27. The fourth-order valence-electron chi connectivity index (χ4n) is 6.22. The normalized spacial score (nSPS) is 11.7. The van der Waals surface area contributed by atoms with Gasteiger partial charge in [-0.15, -0.1) is 0 Å². The van der Waals surface area contributed by atoms with Crippen molar-refractivity contribution in [1.82, 2.24) is 4.57 Å². The molecule has 0 saturated carbocycles. The van der Waals surface area contributed by atoms with Crippen molar-refractivity contribution >= 4 is 21.9 Å². The zero-order valence-electron chi connectivity index (χ0n) is 25.7. The molecule has 0 bridgehead atoms. The molecule has 0 fully saturated rings. The highest BCUT2D eigenvalue weighted by atomic mass is 16.3. The van der Waals surface area contributed by atoms with Crippen molar-refractivity contribution in [3.05, 3.63) is 132 Å². The summed E-state index contributed by atoms with van der Waals surface area (Å²) in [5.74, 6) is 1.03. The molecule has 0 atom stereocenters. The van der Waals surface area contributed by atoms with Gasteiger partial charge in [-0.25, -0.2) is 4.57 Å². The van der Waals surface area contributed by atoms with Gasteiger partial charge in [0.05, 0.1) is 18.7 Å². The zero-order valence-corrected chi connectivity index (χ0v) is 25.7. The summed E-state index contributed by atoms with van der Waals surface area (Å²) in [6.45, 7) is 8.81. The lowest BCUT2D eigenvalue weighted by molar-refractivity contribution is -0.659. The maximum absolute atomic E-state index is 10.2. The van der Waals surface area contributed by atoms with Gasteiger partial charge in [-0.3, -0.25) is 0 Å². The number of fused-ring (bicyclic) bond motifs is 3. The molecule has 0 spiro atoms. The summed E-state index contributed by atoms with van der Waals surface area (Å²) in [6, 6.07) is 38.2. The Morgan fingerprint density at radius 2 is 1.30 bits per heavy atom. The van der Waals surface area contributed by atoms with Gasteiger partial charge in [0.15, 0.2) is 5.58 Å². The summed E-state index contributed by atoms with van der Waals surface area (Å²) < 4.78 is 11.2. The Kier molecular flexibility index (Phi) is 6.48. The Morgan fingerprint density at radius 1 is 0.705 bits per heavy atom. The average Bonchev–Trinajstić information content (AvgIpc) is 3.61. The summed E-state index contributed by atoms with van der Waals surface area (Å²) >= 11 is 0. The number of rotatable bonds is 4.